The van der Waals surface area contributed by atoms with Gasteiger partial charge < -0.3 is 46.0 Å². The lowest BCUT2D eigenvalue weighted by molar-refractivity contribution is 0.130. The number of likely N-dealkylation sites (N-methyl/N-ethyl adjacent to an activating group) is 1. The first-order chi connectivity index (χ1) is 33.7. The summed E-state index contributed by atoms with van der Waals surface area (Å²) in [5.74, 6) is 1.18. The predicted octanol–water partition coefficient (Wildman–Crippen LogP) is 12.3. The van der Waals surface area contributed by atoms with Crippen molar-refractivity contribution in [1.82, 2.24) is 20.0 Å². The van der Waals surface area contributed by atoms with Crippen molar-refractivity contribution >= 4 is 46.9 Å². The number of aryl methyl sites for hydroxylation is 1. The van der Waals surface area contributed by atoms with Crippen LogP contribution in [0.25, 0.3) is 0 Å². The average molecular weight is 937 g/mol. The minimum Gasteiger partial charge on any atom is -0.497 e. The number of amides is 8. The van der Waals surface area contributed by atoms with Crippen LogP contribution in [0.2, 0.25) is 0 Å². The van der Waals surface area contributed by atoms with Crippen LogP contribution in [0.15, 0.2) is 146 Å². The number of rotatable bonds is 23. The molecule has 0 radical (unpaired) electrons. The van der Waals surface area contributed by atoms with Crippen LogP contribution >= 0.6 is 0 Å². The SMILES string of the molecule is CC[C@@H](CCc1ccc(OC)cc1)N(CCCC[C@@H](CN(C(=O)Nc1ccccc1)[C@@H](CNC(=O)Nc1ccccc1)CC1CCCCC1)N(C)C(=O)Nc1ccccc1)C(=O)Nc1ccccc1. The molecule has 13 nitrogen and oxygen atoms in total. The van der Waals surface area contributed by atoms with Gasteiger partial charge in [0.05, 0.1) is 19.2 Å². The van der Waals surface area contributed by atoms with Crippen molar-refractivity contribution in [3.05, 3.63) is 151 Å². The van der Waals surface area contributed by atoms with Gasteiger partial charge in [-0.25, -0.2) is 19.2 Å². The summed E-state index contributed by atoms with van der Waals surface area (Å²) >= 11 is 0. The van der Waals surface area contributed by atoms with Gasteiger partial charge in [0.1, 0.15) is 5.75 Å². The van der Waals surface area contributed by atoms with Crippen molar-refractivity contribution in [1.29, 1.82) is 0 Å². The van der Waals surface area contributed by atoms with E-state index >= 15 is 0 Å². The summed E-state index contributed by atoms with van der Waals surface area (Å²) < 4.78 is 5.38. The second-order valence-corrected chi connectivity index (χ2v) is 18.0. The highest BCUT2D eigenvalue weighted by Crippen LogP contribution is 2.30. The molecule has 13 heteroatoms. The fourth-order valence-electron chi connectivity index (χ4n) is 9.22. The monoisotopic (exact) mass is 937 g/mol. The summed E-state index contributed by atoms with van der Waals surface area (Å²) in [6.07, 6.45) is 10.5. The number of hydrogen-bond donors (Lipinski definition) is 5. The van der Waals surface area contributed by atoms with Gasteiger partial charge >= 0.3 is 24.1 Å². The van der Waals surface area contributed by atoms with Crippen LogP contribution in [0.5, 0.6) is 5.75 Å². The Hall–Kier alpha value is -7.02. The van der Waals surface area contributed by atoms with Gasteiger partial charge in [0.15, 0.2) is 0 Å². The number of benzene rings is 5. The van der Waals surface area contributed by atoms with E-state index in [9.17, 15) is 19.2 Å². The third-order valence-corrected chi connectivity index (χ3v) is 13.2. The quantitative estimate of drug-likeness (QED) is 0.0414. The molecule has 1 aliphatic carbocycles. The van der Waals surface area contributed by atoms with Gasteiger partial charge in [0, 0.05) is 55.5 Å². The zero-order chi connectivity index (χ0) is 48.6. The highest BCUT2D eigenvalue weighted by atomic mass is 16.5. The maximum atomic E-state index is 14.8. The zero-order valence-corrected chi connectivity index (χ0v) is 40.7. The van der Waals surface area contributed by atoms with E-state index < -0.39 is 6.04 Å². The second kappa shape index (κ2) is 27.7. The minimum absolute atomic E-state index is 0.0322. The van der Waals surface area contributed by atoms with E-state index in [0.29, 0.717) is 55.2 Å². The molecular weight excluding hydrogens is 865 g/mol. The normalized spacial score (nSPS) is 13.7. The Balaban J connectivity index is 1.25. The highest BCUT2D eigenvalue weighted by molar-refractivity contribution is 5.92. The largest absolute Gasteiger partial charge is 0.497 e. The number of hydrogen-bond acceptors (Lipinski definition) is 5. The number of methoxy groups -OCH3 is 1. The molecule has 1 saturated carbocycles. The van der Waals surface area contributed by atoms with Crippen LogP contribution in [0, 0.1) is 5.92 Å². The Morgan fingerprint density at radius 2 is 1.09 bits per heavy atom. The highest BCUT2D eigenvalue weighted by Gasteiger charge is 2.33. The number of nitrogens with zero attached hydrogens (tertiary/aromatic N) is 3. The molecule has 8 amide bonds. The Bertz CT molecular complexity index is 2280. The molecular formula is C56H72N8O5. The smallest absolute Gasteiger partial charge is 0.322 e. The number of anilines is 4. The molecule has 5 N–H and O–H groups in total. The zero-order valence-electron chi connectivity index (χ0n) is 40.7. The third-order valence-electron chi connectivity index (χ3n) is 13.2. The Kier molecular flexibility index (Phi) is 20.6. The standard InChI is InChI=1S/C56H72N8O5/c1-4-49(36-33-43-34-37-52(69-3)38-35-43)63(55(67)60-47-28-16-8-17-29-47)39-21-20-32-50(62(2)54(66)59-46-26-14-7-15-27-46)42-64(56(68)61-48-30-18-9-19-31-48)51(40-44-22-10-5-11-23-44)41-57-53(65)58-45-24-12-6-13-25-45/h6-9,12-19,24-31,34-35,37-38,44,49-51H,4-5,10-11,20-23,32-33,36,39-42H2,1-3H3,(H,59,66)(H,60,67)(H,61,68)(H2,57,58,65)/t49-,50-,51+/m0/s1. The van der Waals surface area contributed by atoms with Crippen molar-refractivity contribution in [2.75, 3.05) is 55.1 Å². The first-order valence-electron chi connectivity index (χ1n) is 24.8. The molecule has 1 aliphatic rings. The topological polar surface area (TPSA) is 147 Å². The first-order valence-corrected chi connectivity index (χ1v) is 24.8. The van der Waals surface area contributed by atoms with Crippen LogP contribution in [0.4, 0.5) is 41.9 Å². The molecule has 69 heavy (non-hydrogen) atoms. The molecule has 0 aliphatic heterocycles. The summed E-state index contributed by atoms with van der Waals surface area (Å²) in [6, 6.07) is 43.6. The van der Waals surface area contributed by atoms with Crippen molar-refractivity contribution < 1.29 is 23.9 Å². The lowest BCUT2D eigenvalue weighted by Gasteiger charge is -2.39. The molecule has 366 valence electrons. The Morgan fingerprint density at radius 3 is 1.61 bits per heavy atom. The molecule has 0 spiro atoms. The van der Waals surface area contributed by atoms with Crippen LogP contribution in [0.1, 0.15) is 83.1 Å². The van der Waals surface area contributed by atoms with Crippen LogP contribution in [-0.4, -0.2) is 90.7 Å². The maximum Gasteiger partial charge on any atom is 0.322 e. The lowest BCUT2D eigenvalue weighted by Crippen LogP contribution is -2.55. The summed E-state index contributed by atoms with van der Waals surface area (Å²) in [4.78, 5) is 62.1. The summed E-state index contributed by atoms with van der Waals surface area (Å²) in [5, 5.41) is 15.4. The predicted molar refractivity (Wildman–Crippen MR) is 279 cm³/mol. The molecule has 6 rings (SSSR count). The fourth-order valence-corrected chi connectivity index (χ4v) is 9.22. The molecule has 0 saturated heterocycles. The molecule has 1 fully saturated rings. The number of carbonyl (C=O) groups is 4. The number of ether oxygens (including phenoxy) is 1. The fraction of sp³-hybridized carbons (Fsp3) is 0.393. The molecule has 3 atom stereocenters. The van der Waals surface area contributed by atoms with E-state index in [1.165, 1.54) is 12.0 Å². The lowest BCUT2D eigenvalue weighted by atomic mass is 9.84. The molecule has 5 aromatic carbocycles. The molecule has 0 unspecified atom stereocenters. The average Bonchev–Trinajstić information content (AvgIpc) is 3.38. The third kappa shape index (κ3) is 16.9. The van der Waals surface area contributed by atoms with Crippen molar-refractivity contribution in [3.8, 4) is 5.75 Å². The van der Waals surface area contributed by atoms with Crippen molar-refractivity contribution in [2.24, 2.45) is 5.92 Å². The van der Waals surface area contributed by atoms with Gasteiger partial charge in [-0.3, -0.25) is 0 Å². The van der Waals surface area contributed by atoms with E-state index in [1.807, 2.05) is 143 Å². The van der Waals surface area contributed by atoms with E-state index in [4.69, 9.17) is 4.74 Å². The van der Waals surface area contributed by atoms with Gasteiger partial charge in [-0.2, -0.15) is 0 Å². The van der Waals surface area contributed by atoms with Gasteiger partial charge in [-0.1, -0.05) is 124 Å². The second-order valence-electron chi connectivity index (χ2n) is 18.0. The number of unbranched alkanes of at least 4 members (excludes halogenated alkanes) is 1. The maximum absolute atomic E-state index is 14.8. The van der Waals surface area contributed by atoms with Gasteiger partial charge in [-0.15, -0.1) is 0 Å². The summed E-state index contributed by atoms with van der Waals surface area (Å²) in [5.41, 5.74) is 3.88. The van der Waals surface area contributed by atoms with Gasteiger partial charge in [0.25, 0.3) is 0 Å². The molecule has 0 bridgehead atoms. The van der Waals surface area contributed by atoms with Crippen LogP contribution < -0.4 is 31.3 Å². The van der Waals surface area contributed by atoms with Crippen molar-refractivity contribution in [3.63, 3.8) is 0 Å². The van der Waals surface area contributed by atoms with E-state index in [1.54, 1.807) is 19.1 Å². The van der Waals surface area contributed by atoms with E-state index in [2.05, 4.69) is 45.6 Å². The van der Waals surface area contributed by atoms with Crippen LogP contribution in [0.3, 0.4) is 0 Å². The summed E-state index contributed by atoms with van der Waals surface area (Å²) in [7, 11) is 3.44. The number of para-hydroxylation sites is 4. The molecule has 0 aromatic heterocycles. The number of carbonyl (C=O) groups excluding carboxylic acids is 4. The van der Waals surface area contributed by atoms with E-state index in [-0.39, 0.29) is 49.3 Å². The summed E-state index contributed by atoms with van der Waals surface area (Å²) in [6.45, 7) is 3.03. The van der Waals surface area contributed by atoms with Crippen molar-refractivity contribution in [2.45, 2.75) is 102 Å². The number of urea groups is 4. The molecule has 5 aromatic rings. The molecule has 0 heterocycles. The van der Waals surface area contributed by atoms with Crippen LogP contribution in [-0.2, 0) is 6.42 Å². The number of nitrogens with one attached hydrogen (secondary N) is 5. The first kappa shape index (κ1) is 51.4. The van der Waals surface area contributed by atoms with Gasteiger partial charge in [0.2, 0.25) is 0 Å². The van der Waals surface area contributed by atoms with Gasteiger partial charge in [-0.05, 0) is 117 Å². The minimum atomic E-state index is -0.439. The Morgan fingerprint density at radius 1 is 0.580 bits per heavy atom. The Labute approximate surface area is 409 Å². The van der Waals surface area contributed by atoms with E-state index in [0.717, 1.165) is 56.4 Å².